The molecule has 0 saturated carbocycles. The lowest BCUT2D eigenvalue weighted by atomic mass is 10.0. The number of hydrogen-bond donors (Lipinski definition) is 3. The number of aryl methyl sites for hydroxylation is 1. The van der Waals surface area contributed by atoms with Crippen LogP contribution in [0.25, 0.3) is 33.1 Å². The van der Waals surface area contributed by atoms with Gasteiger partial charge in [-0.25, -0.2) is 14.6 Å². The lowest BCUT2D eigenvalue weighted by Gasteiger charge is -2.07. The van der Waals surface area contributed by atoms with Crippen molar-refractivity contribution in [3.8, 4) is 11.3 Å². The van der Waals surface area contributed by atoms with Crippen molar-refractivity contribution in [2.24, 2.45) is 0 Å². The largest absolute Gasteiger partial charge is 0.478 e. The van der Waals surface area contributed by atoms with Crippen molar-refractivity contribution in [2.75, 3.05) is 0 Å². The van der Waals surface area contributed by atoms with E-state index in [1.54, 1.807) is 12.1 Å². The van der Waals surface area contributed by atoms with E-state index in [2.05, 4.69) is 9.97 Å². The molecule has 3 aromatic carbocycles. The first kappa shape index (κ1) is 26.1. The highest BCUT2D eigenvalue weighted by atomic mass is 19.4. The highest BCUT2D eigenvalue weighted by molar-refractivity contribution is 6.03. The summed E-state index contributed by atoms with van der Waals surface area (Å²) in [5.74, 6) is -2.37. The molecule has 0 atom stereocenters. The number of carbonyl (C=O) groups is 2. The Morgan fingerprint density at radius 3 is 2.13 bits per heavy atom. The monoisotopic (exact) mass is 520 g/mol. The molecule has 0 aliphatic heterocycles. The summed E-state index contributed by atoms with van der Waals surface area (Å²) in [6, 6.07) is 19.3. The number of hydrogen-bond acceptors (Lipinski definition) is 4. The number of benzene rings is 3. The van der Waals surface area contributed by atoms with Crippen molar-refractivity contribution < 1.29 is 33.0 Å². The van der Waals surface area contributed by atoms with Crippen LogP contribution in [0.2, 0.25) is 0 Å². The molecule has 3 N–H and O–H groups in total. The fourth-order valence-corrected chi connectivity index (χ4v) is 3.78. The number of pyridine rings is 2. The number of para-hydroxylation sites is 1. The summed E-state index contributed by atoms with van der Waals surface area (Å²) in [5.41, 5.74) is 1.45. The number of H-pyrrole nitrogens is 1. The Morgan fingerprint density at radius 2 is 1.50 bits per heavy atom. The number of halogens is 3. The van der Waals surface area contributed by atoms with Crippen molar-refractivity contribution in [3.05, 3.63) is 111 Å². The number of aromatic carboxylic acids is 2. The highest BCUT2D eigenvalue weighted by Gasteiger charge is 2.30. The van der Waals surface area contributed by atoms with E-state index in [1.165, 1.54) is 0 Å². The van der Waals surface area contributed by atoms with Gasteiger partial charge in [0.15, 0.2) is 0 Å². The number of carboxylic acids is 2. The Morgan fingerprint density at radius 1 is 0.842 bits per heavy atom. The third kappa shape index (κ3) is 5.39. The Labute approximate surface area is 212 Å². The van der Waals surface area contributed by atoms with Gasteiger partial charge in [0.2, 0.25) is 5.43 Å². The summed E-state index contributed by atoms with van der Waals surface area (Å²) in [6.45, 7) is 2.01. The predicted octanol–water partition coefficient (Wildman–Crippen LogP) is 6.15. The van der Waals surface area contributed by atoms with Gasteiger partial charge in [-0.15, -0.1) is 0 Å². The zero-order valence-electron chi connectivity index (χ0n) is 19.7. The van der Waals surface area contributed by atoms with Crippen molar-refractivity contribution in [2.45, 2.75) is 13.1 Å². The fraction of sp³-hybridized carbons (Fsp3) is 0.0714. The zero-order chi connectivity index (χ0) is 27.6. The van der Waals surface area contributed by atoms with Crippen LogP contribution < -0.4 is 5.43 Å². The second kappa shape index (κ2) is 10.2. The Hall–Kier alpha value is -4.99. The van der Waals surface area contributed by atoms with Gasteiger partial charge in [-0.1, -0.05) is 48.0 Å². The minimum Gasteiger partial charge on any atom is -0.478 e. The summed E-state index contributed by atoms with van der Waals surface area (Å²) >= 11 is 0. The van der Waals surface area contributed by atoms with E-state index in [4.69, 9.17) is 5.11 Å². The molecule has 0 saturated heterocycles. The molecule has 0 aliphatic rings. The zero-order valence-corrected chi connectivity index (χ0v) is 19.7. The normalized spacial score (nSPS) is 11.2. The second-order valence-electron chi connectivity index (χ2n) is 8.34. The van der Waals surface area contributed by atoms with Crippen molar-refractivity contribution in [3.63, 3.8) is 0 Å². The number of nitrogens with one attached hydrogen (secondary N) is 1. The van der Waals surface area contributed by atoms with E-state index >= 15 is 0 Å². The van der Waals surface area contributed by atoms with Crippen LogP contribution in [0, 0.1) is 6.92 Å². The van der Waals surface area contributed by atoms with Crippen LogP contribution in [0.3, 0.4) is 0 Å². The molecule has 0 spiro atoms. The number of rotatable bonds is 3. The summed E-state index contributed by atoms with van der Waals surface area (Å²) in [4.78, 5) is 40.7. The SMILES string of the molecule is Cc1ccc(-c2cc(C(=O)O)c3ccccc3n2)cc1.O=C(O)c1c[nH]c2cc(C(F)(F)F)ccc2c1=O. The molecule has 2 aromatic heterocycles. The number of alkyl halides is 3. The molecule has 192 valence electrons. The third-order valence-corrected chi connectivity index (χ3v) is 5.73. The number of aromatic amines is 1. The van der Waals surface area contributed by atoms with E-state index in [9.17, 15) is 32.7 Å². The van der Waals surface area contributed by atoms with Gasteiger partial charge < -0.3 is 15.2 Å². The molecule has 5 rings (SSSR count). The highest BCUT2D eigenvalue weighted by Crippen LogP contribution is 2.30. The van der Waals surface area contributed by atoms with Crippen LogP contribution in [0.1, 0.15) is 31.8 Å². The third-order valence-electron chi connectivity index (χ3n) is 5.73. The maximum Gasteiger partial charge on any atom is 0.416 e. The molecule has 2 heterocycles. The van der Waals surface area contributed by atoms with Crippen molar-refractivity contribution in [1.29, 1.82) is 0 Å². The van der Waals surface area contributed by atoms with Crippen LogP contribution >= 0.6 is 0 Å². The smallest absolute Gasteiger partial charge is 0.416 e. The quantitative estimate of drug-likeness (QED) is 0.262. The molecule has 38 heavy (non-hydrogen) atoms. The van der Waals surface area contributed by atoms with Gasteiger partial charge >= 0.3 is 18.1 Å². The molecular weight excluding hydrogens is 501 g/mol. The first-order chi connectivity index (χ1) is 18.0. The number of aromatic nitrogens is 2. The van der Waals surface area contributed by atoms with Crippen molar-refractivity contribution in [1.82, 2.24) is 9.97 Å². The first-order valence-corrected chi connectivity index (χ1v) is 11.1. The Kier molecular flexibility index (Phi) is 6.98. The van der Waals surface area contributed by atoms with Gasteiger partial charge in [0.1, 0.15) is 5.56 Å². The summed E-state index contributed by atoms with van der Waals surface area (Å²) in [7, 11) is 0. The van der Waals surface area contributed by atoms with E-state index in [0.717, 1.165) is 35.5 Å². The van der Waals surface area contributed by atoms with E-state index in [1.807, 2.05) is 49.4 Å². The lowest BCUT2D eigenvalue weighted by Crippen LogP contribution is -2.15. The molecule has 10 heteroatoms. The second-order valence-corrected chi connectivity index (χ2v) is 8.34. The Bertz CT molecular complexity index is 1740. The summed E-state index contributed by atoms with van der Waals surface area (Å²) in [6.07, 6.45) is -3.64. The molecule has 7 nitrogen and oxygen atoms in total. The van der Waals surface area contributed by atoms with E-state index in [0.29, 0.717) is 16.6 Å². The van der Waals surface area contributed by atoms with E-state index < -0.39 is 34.7 Å². The van der Waals surface area contributed by atoms with Gasteiger partial charge in [0.25, 0.3) is 0 Å². The van der Waals surface area contributed by atoms with Crippen LogP contribution in [0.15, 0.2) is 83.8 Å². The molecule has 0 unspecified atom stereocenters. The fourth-order valence-electron chi connectivity index (χ4n) is 3.78. The average molecular weight is 520 g/mol. The lowest BCUT2D eigenvalue weighted by molar-refractivity contribution is -0.137. The number of nitrogens with zero attached hydrogens (tertiary/aromatic N) is 1. The van der Waals surface area contributed by atoms with Gasteiger partial charge in [-0.3, -0.25) is 4.79 Å². The number of fused-ring (bicyclic) bond motifs is 2. The van der Waals surface area contributed by atoms with Crippen molar-refractivity contribution >= 4 is 33.7 Å². The van der Waals surface area contributed by atoms with Gasteiger partial charge in [0.05, 0.1) is 22.3 Å². The van der Waals surface area contributed by atoms with Crippen LogP contribution in [-0.2, 0) is 6.18 Å². The van der Waals surface area contributed by atoms with Crippen LogP contribution in [0.4, 0.5) is 13.2 Å². The maximum absolute atomic E-state index is 12.4. The predicted molar refractivity (Wildman–Crippen MR) is 135 cm³/mol. The van der Waals surface area contributed by atoms with Crippen LogP contribution in [0.5, 0.6) is 0 Å². The molecule has 0 aliphatic carbocycles. The molecule has 0 bridgehead atoms. The molecule has 0 fully saturated rings. The minimum absolute atomic E-state index is 0.0557. The maximum atomic E-state index is 12.4. The Balaban J connectivity index is 0.000000178. The van der Waals surface area contributed by atoms with Crippen LogP contribution in [-0.4, -0.2) is 32.1 Å². The van der Waals surface area contributed by atoms with Gasteiger partial charge in [-0.05, 0) is 37.3 Å². The standard InChI is InChI=1S/C17H13NO2.C11H6F3NO3/c1-11-6-8-12(9-7-11)16-10-14(17(19)20)13-4-2-3-5-15(13)18-16;12-11(13,14)5-1-2-6-8(3-5)15-4-7(9(6)16)10(17)18/h2-10H,1H3,(H,19,20);1-4H,(H,15,16)(H,17,18). The average Bonchev–Trinajstić information content (AvgIpc) is 2.88. The molecule has 5 aromatic rings. The summed E-state index contributed by atoms with van der Waals surface area (Å²) in [5, 5.41) is 18.6. The van der Waals surface area contributed by atoms with Gasteiger partial charge in [-0.2, -0.15) is 13.2 Å². The van der Waals surface area contributed by atoms with E-state index in [-0.39, 0.29) is 16.5 Å². The molecular formula is C28H19F3N2O5. The molecule has 0 amide bonds. The topological polar surface area (TPSA) is 120 Å². The molecule has 0 radical (unpaired) electrons. The summed E-state index contributed by atoms with van der Waals surface area (Å²) < 4.78 is 37.3. The minimum atomic E-state index is -4.52. The first-order valence-electron chi connectivity index (χ1n) is 11.1. The van der Waals surface area contributed by atoms with Gasteiger partial charge in [0, 0.05) is 28.0 Å². The number of carboxylic acid groups (broad SMARTS) is 2.